The van der Waals surface area contributed by atoms with Crippen molar-refractivity contribution in [1.82, 2.24) is 0 Å². The van der Waals surface area contributed by atoms with Gasteiger partial charge in [-0.25, -0.2) is 0 Å². The highest BCUT2D eigenvalue weighted by Gasteiger charge is 2.34. The van der Waals surface area contributed by atoms with Gasteiger partial charge >= 0.3 is 5.97 Å². The summed E-state index contributed by atoms with van der Waals surface area (Å²) in [7, 11) is 0. The van der Waals surface area contributed by atoms with Gasteiger partial charge in [-0.15, -0.1) is 0 Å². The van der Waals surface area contributed by atoms with Crippen LogP contribution in [0.15, 0.2) is 54.6 Å². The molecule has 0 radical (unpaired) electrons. The monoisotopic (exact) mass is 334 g/mol. The van der Waals surface area contributed by atoms with E-state index in [9.17, 15) is 4.79 Å². The van der Waals surface area contributed by atoms with Crippen molar-refractivity contribution in [3.05, 3.63) is 60.2 Å². The number of carbonyl (C=O) groups is 1. The van der Waals surface area contributed by atoms with Crippen LogP contribution in [0.3, 0.4) is 0 Å². The lowest BCUT2D eigenvalue weighted by Crippen LogP contribution is -2.34. The van der Waals surface area contributed by atoms with Crippen molar-refractivity contribution >= 4 is 27.5 Å². The summed E-state index contributed by atoms with van der Waals surface area (Å²) in [4.78, 5) is 12.6. The van der Waals surface area contributed by atoms with Crippen molar-refractivity contribution in [3.63, 3.8) is 0 Å². The SMILES string of the molecule is CCC(C)(C)C(=O)OC(C)(C)c1cccc2cc3ccccc3cc12. The Hall–Kier alpha value is -2.35. The molecule has 0 amide bonds. The van der Waals surface area contributed by atoms with E-state index in [4.69, 9.17) is 4.74 Å². The third-order valence-corrected chi connectivity index (χ3v) is 5.18. The molecule has 0 aliphatic rings. The first-order chi connectivity index (χ1) is 11.7. The summed E-state index contributed by atoms with van der Waals surface area (Å²) in [6.45, 7) is 9.82. The van der Waals surface area contributed by atoms with Crippen LogP contribution in [-0.2, 0) is 15.1 Å². The third kappa shape index (κ3) is 3.26. The Morgan fingerprint density at radius 1 is 0.880 bits per heavy atom. The quantitative estimate of drug-likeness (QED) is 0.419. The fourth-order valence-corrected chi connectivity index (χ4v) is 3.06. The number of ether oxygens (including phenoxy) is 1. The van der Waals surface area contributed by atoms with Crippen molar-refractivity contribution in [2.75, 3.05) is 0 Å². The Labute approximate surface area is 149 Å². The summed E-state index contributed by atoms with van der Waals surface area (Å²) in [5.74, 6) is -0.155. The van der Waals surface area contributed by atoms with Crippen molar-refractivity contribution in [1.29, 1.82) is 0 Å². The number of carbonyl (C=O) groups excluding carboxylic acids is 1. The largest absolute Gasteiger partial charge is 0.454 e. The maximum atomic E-state index is 12.6. The molecule has 0 aliphatic carbocycles. The van der Waals surface area contributed by atoms with Crippen LogP contribution in [-0.4, -0.2) is 5.97 Å². The first-order valence-electron chi connectivity index (χ1n) is 8.90. The zero-order valence-corrected chi connectivity index (χ0v) is 15.7. The average Bonchev–Trinajstić information content (AvgIpc) is 2.58. The number of hydrogen-bond donors (Lipinski definition) is 0. The van der Waals surface area contributed by atoms with E-state index >= 15 is 0 Å². The molecule has 0 saturated carbocycles. The first kappa shape index (κ1) is 17.5. The highest BCUT2D eigenvalue weighted by atomic mass is 16.6. The van der Waals surface area contributed by atoms with Crippen LogP contribution < -0.4 is 0 Å². The Kier molecular flexibility index (Phi) is 4.32. The molecule has 0 aromatic heterocycles. The van der Waals surface area contributed by atoms with E-state index in [1.165, 1.54) is 10.8 Å². The highest BCUT2D eigenvalue weighted by Crippen LogP contribution is 2.36. The minimum Gasteiger partial charge on any atom is -0.454 e. The zero-order chi connectivity index (χ0) is 18.2. The van der Waals surface area contributed by atoms with Crippen molar-refractivity contribution < 1.29 is 9.53 Å². The number of rotatable bonds is 4. The summed E-state index contributed by atoms with van der Waals surface area (Å²) in [6.07, 6.45) is 0.752. The molecule has 0 heterocycles. The second-order valence-electron chi connectivity index (χ2n) is 7.86. The predicted molar refractivity (Wildman–Crippen MR) is 105 cm³/mol. The second-order valence-corrected chi connectivity index (χ2v) is 7.86. The van der Waals surface area contributed by atoms with Crippen LogP contribution in [0.1, 0.15) is 46.6 Å². The summed E-state index contributed by atoms with van der Waals surface area (Å²) < 4.78 is 5.96. The molecule has 0 aliphatic heterocycles. The average molecular weight is 334 g/mol. The predicted octanol–water partition coefficient (Wildman–Crippen LogP) is 6.21. The van der Waals surface area contributed by atoms with Gasteiger partial charge in [0.2, 0.25) is 0 Å². The topological polar surface area (TPSA) is 26.3 Å². The van der Waals surface area contributed by atoms with Crippen molar-refractivity contribution in [2.45, 2.75) is 46.6 Å². The van der Waals surface area contributed by atoms with Crippen LogP contribution in [0.5, 0.6) is 0 Å². The summed E-state index contributed by atoms with van der Waals surface area (Å²) in [6, 6.07) is 18.9. The van der Waals surface area contributed by atoms with Gasteiger partial charge in [-0.2, -0.15) is 0 Å². The molecule has 3 aromatic carbocycles. The Morgan fingerprint density at radius 2 is 1.48 bits per heavy atom. The van der Waals surface area contributed by atoms with E-state index < -0.39 is 11.0 Å². The highest BCUT2D eigenvalue weighted by molar-refractivity contribution is 6.00. The number of fused-ring (bicyclic) bond motifs is 2. The van der Waals surface area contributed by atoms with E-state index in [0.29, 0.717) is 0 Å². The fraction of sp³-hybridized carbons (Fsp3) is 0.348. The minimum absolute atomic E-state index is 0.155. The normalized spacial score (nSPS) is 12.5. The molecule has 2 nitrogen and oxygen atoms in total. The summed E-state index contributed by atoms with van der Waals surface area (Å²) >= 11 is 0. The van der Waals surface area contributed by atoms with Gasteiger partial charge in [0.25, 0.3) is 0 Å². The number of benzene rings is 3. The molecule has 0 atom stereocenters. The van der Waals surface area contributed by atoms with E-state index in [1.54, 1.807) is 0 Å². The van der Waals surface area contributed by atoms with E-state index in [1.807, 2.05) is 46.8 Å². The van der Waals surface area contributed by atoms with Crippen molar-refractivity contribution in [3.8, 4) is 0 Å². The Balaban J connectivity index is 2.10. The maximum absolute atomic E-state index is 12.6. The van der Waals surface area contributed by atoms with E-state index in [2.05, 4.69) is 42.5 Å². The molecular weight excluding hydrogens is 308 g/mol. The lowest BCUT2D eigenvalue weighted by atomic mass is 9.88. The molecule has 0 bridgehead atoms. The second kappa shape index (κ2) is 6.18. The lowest BCUT2D eigenvalue weighted by Gasteiger charge is -2.31. The van der Waals surface area contributed by atoms with Gasteiger partial charge in [0, 0.05) is 5.56 Å². The number of esters is 1. The van der Waals surface area contributed by atoms with Gasteiger partial charge < -0.3 is 4.74 Å². The standard InChI is InChI=1S/C23H26O2/c1-6-22(2,3)21(24)25-23(4,5)20-13-9-12-18-14-16-10-7-8-11-17(16)15-19(18)20/h7-15H,6H2,1-5H3. The minimum atomic E-state index is -0.689. The van der Waals surface area contributed by atoms with Crippen LogP contribution >= 0.6 is 0 Å². The van der Waals surface area contributed by atoms with Gasteiger partial charge in [-0.05, 0) is 67.8 Å². The molecule has 0 fully saturated rings. The summed E-state index contributed by atoms with van der Waals surface area (Å²) in [5.41, 5.74) is -0.129. The molecule has 0 unspecified atom stereocenters. The molecule has 0 N–H and O–H groups in total. The maximum Gasteiger partial charge on any atom is 0.312 e. The Morgan fingerprint density at radius 3 is 2.12 bits per heavy atom. The van der Waals surface area contributed by atoms with Gasteiger partial charge in [-0.1, -0.05) is 49.4 Å². The molecule has 3 aromatic rings. The van der Waals surface area contributed by atoms with Crippen LogP contribution in [0.2, 0.25) is 0 Å². The van der Waals surface area contributed by atoms with Crippen LogP contribution in [0.4, 0.5) is 0 Å². The first-order valence-corrected chi connectivity index (χ1v) is 8.90. The molecule has 2 heteroatoms. The van der Waals surface area contributed by atoms with Gasteiger partial charge in [0.05, 0.1) is 5.41 Å². The molecule has 0 spiro atoms. The molecule has 130 valence electrons. The van der Waals surface area contributed by atoms with Gasteiger partial charge in [0.1, 0.15) is 5.60 Å². The zero-order valence-electron chi connectivity index (χ0n) is 15.7. The van der Waals surface area contributed by atoms with Crippen LogP contribution in [0, 0.1) is 5.41 Å². The lowest BCUT2D eigenvalue weighted by molar-refractivity contribution is -0.168. The van der Waals surface area contributed by atoms with Gasteiger partial charge in [-0.3, -0.25) is 4.79 Å². The third-order valence-electron chi connectivity index (χ3n) is 5.18. The van der Waals surface area contributed by atoms with E-state index in [-0.39, 0.29) is 5.97 Å². The Bertz CT molecular complexity index is 935. The molecular formula is C23H26O2. The molecule has 3 rings (SSSR count). The van der Waals surface area contributed by atoms with Crippen molar-refractivity contribution in [2.24, 2.45) is 5.41 Å². The summed E-state index contributed by atoms with van der Waals surface area (Å²) in [5, 5.41) is 4.70. The number of hydrogen-bond acceptors (Lipinski definition) is 2. The van der Waals surface area contributed by atoms with E-state index in [0.717, 1.165) is 22.8 Å². The van der Waals surface area contributed by atoms with Gasteiger partial charge in [0.15, 0.2) is 0 Å². The smallest absolute Gasteiger partial charge is 0.312 e. The molecule has 0 saturated heterocycles. The van der Waals surface area contributed by atoms with Crippen LogP contribution in [0.25, 0.3) is 21.5 Å². The molecule has 25 heavy (non-hydrogen) atoms. The fourth-order valence-electron chi connectivity index (χ4n) is 3.06.